The van der Waals surface area contributed by atoms with E-state index in [1.54, 1.807) is 0 Å². The lowest BCUT2D eigenvalue weighted by Crippen LogP contribution is -2.51. The number of amides is 1. The van der Waals surface area contributed by atoms with Gasteiger partial charge in [0.05, 0.1) is 6.54 Å². The summed E-state index contributed by atoms with van der Waals surface area (Å²) in [5, 5.41) is 7.69. The Morgan fingerprint density at radius 1 is 1.04 bits per heavy atom. The smallest absolute Gasteiger partial charge is 0.271 e. The lowest BCUT2D eigenvalue weighted by molar-refractivity contribution is -0.0503. The van der Waals surface area contributed by atoms with E-state index in [0.29, 0.717) is 17.7 Å². The molecule has 1 heterocycles. The molecule has 0 atom stereocenters. The summed E-state index contributed by atoms with van der Waals surface area (Å²) in [5.41, 5.74) is 2.10. The number of nitrogens with zero attached hydrogens (tertiary/aromatic N) is 2. The fourth-order valence-electron chi connectivity index (χ4n) is 6.21. The summed E-state index contributed by atoms with van der Waals surface area (Å²) in [6.07, 6.45) is 10.2. The van der Waals surface area contributed by atoms with Gasteiger partial charge in [0, 0.05) is 12.7 Å². The number of nitrogens with one attached hydrogen (secondary N) is 1. The lowest BCUT2D eigenvalue weighted by Gasteiger charge is -2.56. The van der Waals surface area contributed by atoms with Crippen LogP contribution in [0.3, 0.4) is 0 Å². The number of rotatable bonds is 5. The molecule has 4 heteroatoms. The SMILES string of the molecule is O=C(NCC12CC3CC(CC(C3)C1)C2)c1ccn(Cc2ccccc2)n1. The van der Waals surface area contributed by atoms with Crippen molar-refractivity contribution >= 4 is 5.91 Å². The van der Waals surface area contributed by atoms with Gasteiger partial charge in [-0.3, -0.25) is 9.48 Å². The molecular formula is C22H27N3O. The molecule has 0 spiro atoms. The summed E-state index contributed by atoms with van der Waals surface area (Å²) in [7, 11) is 0. The van der Waals surface area contributed by atoms with Crippen molar-refractivity contribution in [2.24, 2.45) is 23.2 Å². The first-order valence-corrected chi connectivity index (χ1v) is 10.0. The summed E-state index contributed by atoms with van der Waals surface area (Å²) in [6, 6.07) is 12.0. The van der Waals surface area contributed by atoms with Crippen molar-refractivity contribution < 1.29 is 4.79 Å². The van der Waals surface area contributed by atoms with Crippen molar-refractivity contribution in [2.75, 3.05) is 6.54 Å². The molecule has 0 radical (unpaired) electrons. The van der Waals surface area contributed by atoms with E-state index in [2.05, 4.69) is 22.5 Å². The van der Waals surface area contributed by atoms with Crippen molar-refractivity contribution in [3.05, 3.63) is 53.9 Å². The second kappa shape index (κ2) is 6.26. The van der Waals surface area contributed by atoms with Gasteiger partial charge in [-0.05, 0) is 73.3 Å². The van der Waals surface area contributed by atoms with Gasteiger partial charge in [0.1, 0.15) is 5.69 Å². The molecule has 4 bridgehead atoms. The monoisotopic (exact) mass is 349 g/mol. The Morgan fingerprint density at radius 3 is 2.35 bits per heavy atom. The van der Waals surface area contributed by atoms with Crippen molar-refractivity contribution in [2.45, 2.75) is 45.1 Å². The van der Waals surface area contributed by atoms with Crippen molar-refractivity contribution in [3.8, 4) is 0 Å². The second-order valence-electron chi connectivity index (χ2n) is 8.98. The first-order valence-electron chi connectivity index (χ1n) is 10.0. The summed E-state index contributed by atoms with van der Waals surface area (Å²) in [4.78, 5) is 12.6. The normalized spacial score (nSPS) is 31.9. The van der Waals surface area contributed by atoms with Gasteiger partial charge in [-0.25, -0.2) is 0 Å². The Bertz CT molecular complexity index is 759. The third-order valence-corrected chi connectivity index (χ3v) is 6.85. The molecule has 4 saturated carbocycles. The minimum atomic E-state index is -0.0208. The Kier molecular flexibility index (Phi) is 3.87. The van der Waals surface area contributed by atoms with Crippen LogP contribution in [0.2, 0.25) is 0 Å². The number of carbonyl (C=O) groups excluding carboxylic acids is 1. The Labute approximate surface area is 155 Å². The molecule has 0 unspecified atom stereocenters. The minimum absolute atomic E-state index is 0.0208. The van der Waals surface area contributed by atoms with Crippen LogP contribution in [0, 0.1) is 23.2 Å². The maximum atomic E-state index is 12.6. The number of carbonyl (C=O) groups is 1. The molecule has 26 heavy (non-hydrogen) atoms. The van der Waals surface area contributed by atoms with E-state index in [-0.39, 0.29) is 5.91 Å². The molecule has 0 saturated heterocycles. The fourth-order valence-corrected chi connectivity index (χ4v) is 6.21. The van der Waals surface area contributed by atoms with Crippen LogP contribution in [-0.2, 0) is 6.54 Å². The molecule has 4 nitrogen and oxygen atoms in total. The van der Waals surface area contributed by atoms with Crippen LogP contribution in [0.4, 0.5) is 0 Å². The Morgan fingerprint density at radius 2 is 1.69 bits per heavy atom. The molecule has 1 N–H and O–H groups in total. The Balaban J connectivity index is 1.21. The maximum Gasteiger partial charge on any atom is 0.271 e. The lowest BCUT2D eigenvalue weighted by atomic mass is 9.49. The van der Waals surface area contributed by atoms with E-state index >= 15 is 0 Å². The van der Waals surface area contributed by atoms with Crippen LogP contribution < -0.4 is 5.32 Å². The molecule has 4 aliphatic carbocycles. The van der Waals surface area contributed by atoms with Gasteiger partial charge >= 0.3 is 0 Å². The van der Waals surface area contributed by atoms with Crippen LogP contribution in [-0.4, -0.2) is 22.2 Å². The molecule has 2 aromatic rings. The predicted octanol–water partition coefficient (Wildman–Crippen LogP) is 3.88. The third-order valence-electron chi connectivity index (χ3n) is 6.85. The largest absolute Gasteiger partial charge is 0.350 e. The van der Waals surface area contributed by atoms with Crippen LogP contribution in [0.25, 0.3) is 0 Å². The molecular weight excluding hydrogens is 322 g/mol. The molecule has 1 aromatic heterocycles. The highest BCUT2D eigenvalue weighted by Crippen LogP contribution is 2.59. The maximum absolute atomic E-state index is 12.6. The van der Waals surface area contributed by atoms with Crippen molar-refractivity contribution in [1.29, 1.82) is 0 Å². The third kappa shape index (κ3) is 3.06. The highest BCUT2D eigenvalue weighted by atomic mass is 16.1. The van der Waals surface area contributed by atoms with Crippen LogP contribution in [0.15, 0.2) is 42.6 Å². The minimum Gasteiger partial charge on any atom is -0.350 e. The molecule has 136 valence electrons. The van der Waals surface area contributed by atoms with Gasteiger partial charge in [0.25, 0.3) is 5.91 Å². The van der Waals surface area contributed by atoms with Gasteiger partial charge in [0.15, 0.2) is 0 Å². The fraction of sp³-hybridized carbons (Fsp3) is 0.545. The van der Waals surface area contributed by atoms with Crippen LogP contribution in [0.5, 0.6) is 0 Å². The van der Waals surface area contributed by atoms with E-state index < -0.39 is 0 Å². The number of benzene rings is 1. The number of hydrogen-bond acceptors (Lipinski definition) is 2. The van der Waals surface area contributed by atoms with Gasteiger partial charge in [-0.1, -0.05) is 30.3 Å². The first-order chi connectivity index (χ1) is 12.7. The predicted molar refractivity (Wildman–Crippen MR) is 101 cm³/mol. The Hall–Kier alpha value is -2.10. The highest BCUT2D eigenvalue weighted by Gasteiger charge is 2.50. The van der Waals surface area contributed by atoms with Crippen molar-refractivity contribution in [3.63, 3.8) is 0 Å². The average molecular weight is 349 g/mol. The zero-order valence-corrected chi connectivity index (χ0v) is 15.2. The molecule has 1 aromatic carbocycles. The zero-order valence-electron chi connectivity index (χ0n) is 15.2. The van der Waals surface area contributed by atoms with Crippen LogP contribution in [0.1, 0.15) is 54.6 Å². The zero-order chi connectivity index (χ0) is 17.6. The van der Waals surface area contributed by atoms with Gasteiger partial charge in [-0.15, -0.1) is 0 Å². The summed E-state index contributed by atoms with van der Waals surface area (Å²) in [5.74, 6) is 2.74. The topological polar surface area (TPSA) is 46.9 Å². The van der Waals surface area contributed by atoms with Gasteiger partial charge < -0.3 is 5.32 Å². The van der Waals surface area contributed by atoms with E-state index in [1.165, 1.54) is 44.1 Å². The quantitative estimate of drug-likeness (QED) is 0.890. The molecule has 0 aliphatic heterocycles. The molecule has 6 rings (SSSR count). The van der Waals surface area contributed by atoms with E-state index in [9.17, 15) is 4.79 Å². The van der Waals surface area contributed by atoms with Gasteiger partial charge in [-0.2, -0.15) is 5.10 Å². The van der Waals surface area contributed by atoms with E-state index in [0.717, 1.165) is 24.3 Å². The van der Waals surface area contributed by atoms with Crippen LogP contribution >= 0.6 is 0 Å². The number of hydrogen-bond donors (Lipinski definition) is 1. The molecule has 1 amide bonds. The first kappa shape index (κ1) is 16.1. The molecule has 4 fully saturated rings. The highest BCUT2D eigenvalue weighted by molar-refractivity contribution is 5.92. The standard InChI is InChI=1S/C22H27N3O/c26-21(20-6-7-25(24-20)14-16-4-2-1-3-5-16)23-15-22-11-17-8-18(12-22)10-19(9-17)13-22/h1-7,17-19H,8-15H2,(H,23,26). The summed E-state index contributed by atoms with van der Waals surface area (Å²) < 4.78 is 1.84. The molecule has 4 aliphatic rings. The number of aromatic nitrogens is 2. The van der Waals surface area contributed by atoms with E-state index in [4.69, 9.17) is 0 Å². The van der Waals surface area contributed by atoms with E-state index in [1.807, 2.05) is 35.1 Å². The summed E-state index contributed by atoms with van der Waals surface area (Å²) in [6.45, 7) is 1.53. The summed E-state index contributed by atoms with van der Waals surface area (Å²) >= 11 is 0. The van der Waals surface area contributed by atoms with Gasteiger partial charge in [0.2, 0.25) is 0 Å². The second-order valence-corrected chi connectivity index (χ2v) is 8.98. The average Bonchev–Trinajstić information content (AvgIpc) is 3.08. The van der Waals surface area contributed by atoms with Crippen molar-refractivity contribution in [1.82, 2.24) is 15.1 Å².